The van der Waals surface area contributed by atoms with Gasteiger partial charge in [0.05, 0.1) is 0 Å². The SMILES string of the molecule is CCNC(Cc1ccc(F)cc1Cl)CC1CCCC1. The fourth-order valence-corrected chi connectivity index (χ4v) is 3.37. The van der Waals surface area contributed by atoms with Gasteiger partial charge < -0.3 is 5.32 Å². The lowest BCUT2D eigenvalue weighted by atomic mass is 9.94. The molecule has 1 aromatic rings. The maximum Gasteiger partial charge on any atom is 0.124 e. The van der Waals surface area contributed by atoms with Crippen molar-refractivity contribution in [1.82, 2.24) is 5.32 Å². The molecule has 2 rings (SSSR count). The first kappa shape index (κ1) is 14.8. The summed E-state index contributed by atoms with van der Waals surface area (Å²) in [6, 6.07) is 5.18. The van der Waals surface area contributed by atoms with Gasteiger partial charge in [-0.3, -0.25) is 0 Å². The zero-order valence-electron chi connectivity index (χ0n) is 11.6. The number of hydrogen-bond donors (Lipinski definition) is 1. The fourth-order valence-electron chi connectivity index (χ4n) is 3.13. The third-order valence-corrected chi connectivity index (χ3v) is 4.42. The molecular formula is C16H23ClFN. The van der Waals surface area contributed by atoms with E-state index >= 15 is 0 Å². The van der Waals surface area contributed by atoms with Crippen LogP contribution in [0.15, 0.2) is 18.2 Å². The highest BCUT2D eigenvalue weighted by molar-refractivity contribution is 6.31. The number of benzene rings is 1. The molecule has 0 amide bonds. The van der Waals surface area contributed by atoms with Gasteiger partial charge in [-0.25, -0.2) is 4.39 Å². The minimum atomic E-state index is -0.260. The second kappa shape index (κ2) is 7.25. The molecule has 1 unspecified atom stereocenters. The molecule has 19 heavy (non-hydrogen) atoms. The molecular weight excluding hydrogens is 261 g/mol. The van der Waals surface area contributed by atoms with Gasteiger partial charge in [0.2, 0.25) is 0 Å². The predicted molar refractivity (Wildman–Crippen MR) is 79.2 cm³/mol. The summed E-state index contributed by atoms with van der Waals surface area (Å²) < 4.78 is 13.1. The van der Waals surface area contributed by atoms with Crippen LogP contribution in [-0.2, 0) is 6.42 Å². The molecule has 0 heterocycles. The van der Waals surface area contributed by atoms with Crippen molar-refractivity contribution < 1.29 is 4.39 Å². The molecule has 1 aliphatic rings. The lowest BCUT2D eigenvalue weighted by molar-refractivity contribution is 0.390. The highest BCUT2D eigenvalue weighted by Gasteiger charge is 2.20. The van der Waals surface area contributed by atoms with Crippen molar-refractivity contribution in [1.29, 1.82) is 0 Å². The third kappa shape index (κ3) is 4.47. The van der Waals surface area contributed by atoms with E-state index in [1.165, 1.54) is 44.2 Å². The van der Waals surface area contributed by atoms with E-state index in [-0.39, 0.29) is 5.82 Å². The highest BCUT2D eigenvalue weighted by Crippen LogP contribution is 2.30. The van der Waals surface area contributed by atoms with E-state index < -0.39 is 0 Å². The van der Waals surface area contributed by atoms with Crippen molar-refractivity contribution in [2.75, 3.05) is 6.54 Å². The molecule has 0 bridgehead atoms. The van der Waals surface area contributed by atoms with Crippen molar-refractivity contribution >= 4 is 11.6 Å². The van der Waals surface area contributed by atoms with E-state index in [4.69, 9.17) is 11.6 Å². The summed E-state index contributed by atoms with van der Waals surface area (Å²) in [5.74, 6) is 0.591. The quantitative estimate of drug-likeness (QED) is 0.806. The molecule has 1 atom stereocenters. The fraction of sp³-hybridized carbons (Fsp3) is 0.625. The maximum absolute atomic E-state index is 13.1. The van der Waals surface area contributed by atoms with Crippen molar-refractivity contribution in [2.24, 2.45) is 5.92 Å². The Morgan fingerprint density at radius 1 is 1.37 bits per heavy atom. The number of likely N-dealkylation sites (N-methyl/N-ethyl adjacent to an activating group) is 1. The Bertz CT molecular complexity index is 402. The average molecular weight is 284 g/mol. The number of nitrogens with one attached hydrogen (secondary N) is 1. The summed E-state index contributed by atoms with van der Waals surface area (Å²) in [5.41, 5.74) is 1.05. The van der Waals surface area contributed by atoms with Crippen LogP contribution < -0.4 is 5.32 Å². The molecule has 1 fully saturated rings. The van der Waals surface area contributed by atoms with Gasteiger partial charge in [-0.2, -0.15) is 0 Å². The smallest absolute Gasteiger partial charge is 0.124 e. The monoisotopic (exact) mass is 283 g/mol. The minimum Gasteiger partial charge on any atom is -0.314 e. The molecule has 1 aliphatic carbocycles. The van der Waals surface area contributed by atoms with Gasteiger partial charge in [-0.1, -0.05) is 50.3 Å². The van der Waals surface area contributed by atoms with Crippen LogP contribution >= 0.6 is 11.6 Å². The summed E-state index contributed by atoms with van der Waals surface area (Å²) in [7, 11) is 0. The van der Waals surface area contributed by atoms with Gasteiger partial charge in [-0.15, -0.1) is 0 Å². The Morgan fingerprint density at radius 3 is 2.74 bits per heavy atom. The molecule has 0 aliphatic heterocycles. The molecule has 0 saturated heterocycles. The Labute approximate surface area is 120 Å². The highest BCUT2D eigenvalue weighted by atomic mass is 35.5. The summed E-state index contributed by atoms with van der Waals surface area (Å²) in [6.07, 6.45) is 7.57. The van der Waals surface area contributed by atoms with Gasteiger partial charge in [-0.05, 0) is 43.0 Å². The van der Waals surface area contributed by atoms with Crippen LogP contribution in [0.3, 0.4) is 0 Å². The second-order valence-corrected chi connectivity index (χ2v) is 5.99. The number of hydrogen-bond acceptors (Lipinski definition) is 1. The summed E-state index contributed by atoms with van der Waals surface area (Å²) >= 11 is 6.12. The molecule has 1 saturated carbocycles. The largest absolute Gasteiger partial charge is 0.314 e. The van der Waals surface area contributed by atoms with E-state index in [1.54, 1.807) is 0 Å². The lowest BCUT2D eigenvalue weighted by Gasteiger charge is -2.22. The van der Waals surface area contributed by atoms with Crippen LogP contribution in [0.2, 0.25) is 5.02 Å². The van der Waals surface area contributed by atoms with Crippen molar-refractivity contribution in [3.05, 3.63) is 34.6 Å². The molecule has 1 aromatic carbocycles. The molecule has 0 aromatic heterocycles. The van der Waals surface area contributed by atoms with Gasteiger partial charge in [0, 0.05) is 11.1 Å². The van der Waals surface area contributed by atoms with Crippen LogP contribution in [0, 0.1) is 11.7 Å². The molecule has 1 nitrogen and oxygen atoms in total. The second-order valence-electron chi connectivity index (χ2n) is 5.58. The Hall–Kier alpha value is -0.600. The Kier molecular flexibility index (Phi) is 5.65. The first-order valence-corrected chi connectivity index (χ1v) is 7.74. The van der Waals surface area contributed by atoms with Gasteiger partial charge in [0.25, 0.3) is 0 Å². The van der Waals surface area contributed by atoms with E-state index in [2.05, 4.69) is 12.2 Å². The Morgan fingerprint density at radius 2 is 2.11 bits per heavy atom. The standard InChI is InChI=1S/C16H23ClFN/c1-2-19-15(9-12-5-3-4-6-12)10-13-7-8-14(18)11-16(13)17/h7-8,11-12,15,19H,2-6,9-10H2,1H3. The van der Waals surface area contributed by atoms with E-state index in [0.717, 1.165) is 24.4 Å². The molecule has 0 radical (unpaired) electrons. The lowest BCUT2D eigenvalue weighted by Crippen LogP contribution is -2.32. The van der Waals surface area contributed by atoms with Crippen molar-refractivity contribution in [3.63, 3.8) is 0 Å². The zero-order valence-corrected chi connectivity index (χ0v) is 12.3. The first-order valence-electron chi connectivity index (χ1n) is 7.36. The summed E-state index contributed by atoms with van der Waals surface area (Å²) in [6.45, 7) is 3.10. The summed E-state index contributed by atoms with van der Waals surface area (Å²) in [4.78, 5) is 0. The van der Waals surface area contributed by atoms with Crippen molar-refractivity contribution in [3.8, 4) is 0 Å². The van der Waals surface area contributed by atoms with Crippen LogP contribution in [-0.4, -0.2) is 12.6 Å². The van der Waals surface area contributed by atoms with Crippen LogP contribution in [0.5, 0.6) is 0 Å². The number of rotatable bonds is 6. The molecule has 106 valence electrons. The molecule has 3 heteroatoms. The van der Waals surface area contributed by atoms with E-state index in [1.807, 2.05) is 6.07 Å². The topological polar surface area (TPSA) is 12.0 Å². The summed E-state index contributed by atoms with van der Waals surface area (Å²) in [5, 5.41) is 4.10. The van der Waals surface area contributed by atoms with Gasteiger partial charge >= 0.3 is 0 Å². The zero-order chi connectivity index (χ0) is 13.7. The minimum absolute atomic E-state index is 0.260. The molecule has 0 spiro atoms. The average Bonchev–Trinajstić information content (AvgIpc) is 2.86. The first-order chi connectivity index (χ1) is 9.19. The van der Waals surface area contributed by atoms with Gasteiger partial charge in [0.15, 0.2) is 0 Å². The number of halogens is 2. The van der Waals surface area contributed by atoms with Crippen molar-refractivity contribution in [2.45, 2.75) is 51.5 Å². The van der Waals surface area contributed by atoms with Crippen LogP contribution in [0.25, 0.3) is 0 Å². The Balaban J connectivity index is 1.98. The van der Waals surface area contributed by atoms with Crippen LogP contribution in [0.4, 0.5) is 4.39 Å². The van der Waals surface area contributed by atoms with E-state index in [0.29, 0.717) is 11.1 Å². The maximum atomic E-state index is 13.1. The van der Waals surface area contributed by atoms with Gasteiger partial charge in [0.1, 0.15) is 5.82 Å². The van der Waals surface area contributed by atoms with E-state index in [9.17, 15) is 4.39 Å². The predicted octanol–water partition coefficient (Wildman–Crippen LogP) is 4.58. The molecule has 1 N–H and O–H groups in total. The third-order valence-electron chi connectivity index (χ3n) is 4.07. The van der Waals surface area contributed by atoms with Crippen LogP contribution in [0.1, 0.15) is 44.6 Å². The normalized spacial score (nSPS) is 17.8.